The van der Waals surface area contributed by atoms with Gasteiger partial charge in [0, 0.05) is 11.3 Å². The number of hydrogen-bond acceptors (Lipinski definition) is 11. The van der Waals surface area contributed by atoms with Crippen LogP contribution in [-0.4, -0.2) is 91.3 Å². The molecule has 0 bridgehead atoms. The fourth-order valence-electron chi connectivity index (χ4n) is 5.84. The van der Waals surface area contributed by atoms with Gasteiger partial charge < -0.3 is 39.5 Å². The van der Waals surface area contributed by atoms with E-state index < -0.39 is 70.6 Å². The largest absolute Gasteiger partial charge is 0.467 e. The molecule has 15 heteroatoms. The molecule has 5 N–H and O–H groups in total. The number of amides is 1. The van der Waals surface area contributed by atoms with Crippen LogP contribution in [0, 0.1) is 23.6 Å². The molecule has 0 aliphatic carbocycles. The minimum atomic E-state index is -3.38. The highest BCUT2D eigenvalue weighted by atomic mass is 32.2. The van der Waals surface area contributed by atoms with Gasteiger partial charge in [-0.2, -0.15) is 0 Å². The van der Waals surface area contributed by atoms with E-state index in [4.69, 9.17) is 9.47 Å². The molecule has 2 saturated heterocycles. The first-order valence-corrected chi connectivity index (χ1v) is 17.5. The second-order valence-corrected chi connectivity index (χ2v) is 13.8. The zero-order valence-corrected chi connectivity index (χ0v) is 27.9. The van der Waals surface area contributed by atoms with Gasteiger partial charge in [-0.1, -0.05) is 36.1 Å². The number of aliphatic hydroxyl groups is 4. The first-order chi connectivity index (χ1) is 23.8. The number of benzene rings is 3. The number of halogens is 1. The summed E-state index contributed by atoms with van der Waals surface area (Å²) in [5.41, 5.74) is 2.42. The molecule has 266 valence electrons. The third-order valence-corrected chi connectivity index (χ3v) is 9.17. The number of β-lactam (4-membered cyclic amide) rings is 1. The lowest BCUT2D eigenvalue weighted by Gasteiger charge is -2.48. The van der Waals surface area contributed by atoms with Crippen LogP contribution in [0.25, 0.3) is 0 Å². The molecule has 2 heterocycles. The Morgan fingerprint density at radius 3 is 2.28 bits per heavy atom. The summed E-state index contributed by atoms with van der Waals surface area (Å²) < 4.78 is 54.0. The smallest absolute Gasteiger partial charge is 0.337 e. The molecule has 1 amide bonds. The summed E-state index contributed by atoms with van der Waals surface area (Å²) in [4.78, 5) is 27.3. The average molecular weight is 713 g/mol. The van der Waals surface area contributed by atoms with Gasteiger partial charge in [0.1, 0.15) is 29.9 Å². The van der Waals surface area contributed by atoms with Crippen LogP contribution in [0.15, 0.2) is 72.8 Å². The van der Waals surface area contributed by atoms with Crippen LogP contribution >= 0.6 is 0 Å². The molecule has 0 spiro atoms. The van der Waals surface area contributed by atoms with Crippen molar-refractivity contribution < 1.29 is 57.0 Å². The summed E-state index contributed by atoms with van der Waals surface area (Å²) in [5.74, 6) is 3.69. The maximum atomic E-state index is 13.6. The van der Waals surface area contributed by atoms with Crippen LogP contribution < -0.4 is 14.4 Å². The Balaban J connectivity index is 1.35. The van der Waals surface area contributed by atoms with Crippen molar-refractivity contribution in [1.29, 1.82) is 0 Å². The first-order valence-electron chi connectivity index (χ1n) is 15.6. The second-order valence-electron chi connectivity index (χ2n) is 12.0. The second kappa shape index (κ2) is 15.7. The number of nitrogens with zero attached hydrogens (tertiary/aromatic N) is 1. The number of hydrogen-bond donors (Lipinski definition) is 5. The average Bonchev–Trinajstić information content (AvgIpc) is 3.09. The number of carbonyl (C=O) groups excluding carboxylic acids is 2. The van der Waals surface area contributed by atoms with E-state index in [1.807, 2.05) is 0 Å². The predicted molar refractivity (Wildman–Crippen MR) is 176 cm³/mol. The number of esters is 1. The van der Waals surface area contributed by atoms with E-state index in [1.165, 1.54) is 24.3 Å². The van der Waals surface area contributed by atoms with E-state index in [1.54, 1.807) is 53.4 Å². The topological polar surface area (TPSA) is 192 Å². The zero-order chi connectivity index (χ0) is 36.2. The number of nitrogens with one attached hydrogen (secondary N) is 1. The SMILES string of the molecule is COC(=O)[C@H]1O[C@@H](Oc2ccc([C@@H]3C(CC[C@H](O)c4ccc(F)cc4)C(=O)N3c3ccc(C#CCNS(C)(=O)=O)cc3)cc2)C(O)[C@@H](O)C1O. The molecule has 3 aromatic carbocycles. The first kappa shape index (κ1) is 36.9. The molecule has 3 aromatic rings. The van der Waals surface area contributed by atoms with Crippen molar-refractivity contribution in [1.82, 2.24) is 4.72 Å². The molecule has 5 rings (SSSR count). The number of carbonyl (C=O) groups is 2. The number of aliphatic hydroxyl groups excluding tert-OH is 4. The van der Waals surface area contributed by atoms with Gasteiger partial charge in [0.2, 0.25) is 22.2 Å². The van der Waals surface area contributed by atoms with Gasteiger partial charge in [-0.15, -0.1) is 0 Å². The van der Waals surface area contributed by atoms with Gasteiger partial charge in [-0.05, 0) is 72.5 Å². The summed E-state index contributed by atoms with van der Waals surface area (Å²) in [6.45, 7) is -0.0569. The Morgan fingerprint density at radius 2 is 1.66 bits per heavy atom. The van der Waals surface area contributed by atoms with Crippen molar-refractivity contribution in [2.45, 2.75) is 55.7 Å². The van der Waals surface area contributed by atoms with Crippen LogP contribution in [0.1, 0.15) is 41.7 Å². The minimum Gasteiger partial charge on any atom is -0.467 e. The molecule has 50 heavy (non-hydrogen) atoms. The highest BCUT2D eigenvalue weighted by Gasteiger charge is 2.50. The van der Waals surface area contributed by atoms with Crippen molar-refractivity contribution in [2.75, 3.05) is 24.8 Å². The molecule has 3 unspecified atom stereocenters. The summed E-state index contributed by atoms with van der Waals surface area (Å²) in [6, 6.07) is 18.4. The Kier molecular flexibility index (Phi) is 11.5. The maximum Gasteiger partial charge on any atom is 0.337 e. The monoisotopic (exact) mass is 712 g/mol. The van der Waals surface area contributed by atoms with Crippen molar-refractivity contribution in [3.8, 4) is 17.6 Å². The fourth-order valence-corrected chi connectivity index (χ4v) is 6.18. The van der Waals surface area contributed by atoms with E-state index in [0.29, 0.717) is 28.8 Å². The Morgan fingerprint density at radius 1 is 1.00 bits per heavy atom. The number of anilines is 1. The molecular formula is C35H37FN2O11S. The highest BCUT2D eigenvalue weighted by molar-refractivity contribution is 7.88. The number of sulfonamides is 1. The van der Waals surface area contributed by atoms with E-state index >= 15 is 0 Å². The standard InChI is InChI=1S/C35H37FN2O11S/c1-47-34(44)32-30(41)29(40)31(42)35(49-32)48-25-15-9-22(10-16-25)28-26(17-18-27(39)21-7-11-23(36)12-8-21)33(43)38(28)24-13-5-20(6-14-24)4-3-19-37-50(2,45)46/h5-16,26-32,35,37,39-42H,17-19H2,1-2H3/t26?,27-,28+,29-,30?,31?,32-,35+/m0/s1. The zero-order valence-electron chi connectivity index (χ0n) is 27.0. The summed E-state index contributed by atoms with van der Waals surface area (Å²) >= 11 is 0. The van der Waals surface area contributed by atoms with Crippen molar-refractivity contribution in [3.05, 3.63) is 95.3 Å². The van der Waals surface area contributed by atoms with Crippen LogP contribution in [0.5, 0.6) is 5.75 Å². The number of ether oxygens (including phenoxy) is 3. The van der Waals surface area contributed by atoms with Crippen LogP contribution in [0.2, 0.25) is 0 Å². The van der Waals surface area contributed by atoms with Crippen molar-refractivity contribution in [2.24, 2.45) is 5.92 Å². The van der Waals surface area contributed by atoms with Gasteiger partial charge in [0.05, 0.1) is 38.0 Å². The quantitative estimate of drug-likeness (QED) is 0.109. The molecule has 2 aliphatic rings. The van der Waals surface area contributed by atoms with E-state index in [2.05, 4.69) is 21.3 Å². The van der Waals surface area contributed by atoms with Crippen LogP contribution in [0.4, 0.5) is 10.1 Å². The molecule has 0 aromatic heterocycles. The number of methoxy groups -OCH3 is 1. The summed E-state index contributed by atoms with van der Waals surface area (Å²) in [7, 11) is -2.29. The van der Waals surface area contributed by atoms with Crippen molar-refractivity contribution >= 4 is 27.6 Å². The maximum absolute atomic E-state index is 13.6. The number of rotatable bonds is 11. The predicted octanol–water partition coefficient (Wildman–Crippen LogP) is 1.30. The lowest BCUT2D eigenvalue weighted by Crippen LogP contribution is -2.61. The Hall–Kier alpha value is -4.40. The molecular weight excluding hydrogens is 675 g/mol. The summed E-state index contributed by atoms with van der Waals surface area (Å²) in [6.07, 6.45) is -7.63. The molecule has 8 atom stereocenters. The van der Waals surface area contributed by atoms with Gasteiger partial charge in [0.15, 0.2) is 6.10 Å². The lowest BCUT2D eigenvalue weighted by atomic mass is 9.78. The fraction of sp³-hybridized carbons (Fsp3) is 0.371. The lowest BCUT2D eigenvalue weighted by molar-refractivity contribution is -0.271. The molecule has 0 saturated carbocycles. The van der Waals surface area contributed by atoms with E-state index in [9.17, 15) is 42.8 Å². The third-order valence-electron chi connectivity index (χ3n) is 8.50. The minimum absolute atomic E-state index is 0.0569. The highest BCUT2D eigenvalue weighted by Crippen LogP contribution is 2.46. The molecule has 2 aliphatic heterocycles. The van der Waals surface area contributed by atoms with Crippen LogP contribution in [0.3, 0.4) is 0 Å². The van der Waals surface area contributed by atoms with E-state index in [0.717, 1.165) is 13.4 Å². The normalized spacial score (nSPS) is 25.5. The third kappa shape index (κ3) is 8.48. The molecule has 0 radical (unpaired) electrons. The Bertz CT molecular complexity index is 1830. The molecule has 13 nitrogen and oxygen atoms in total. The van der Waals surface area contributed by atoms with Crippen molar-refractivity contribution in [3.63, 3.8) is 0 Å². The molecule has 2 fully saturated rings. The Labute approximate surface area is 288 Å². The van der Waals surface area contributed by atoms with E-state index in [-0.39, 0.29) is 24.6 Å². The van der Waals surface area contributed by atoms with Gasteiger partial charge >= 0.3 is 5.97 Å². The van der Waals surface area contributed by atoms with Gasteiger partial charge in [-0.3, -0.25) is 4.79 Å². The van der Waals surface area contributed by atoms with Crippen LogP contribution in [-0.2, 0) is 29.1 Å². The van der Waals surface area contributed by atoms with Gasteiger partial charge in [0.25, 0.3) is 0 Å². The summed E-state index contributed by atoms with van der Waals surface area (Å²) in [5, 5.41) is 41.6. The van der Waals surface area contributed by atoms with Gasteiger partial charge in [-0.25, -0.2) is 22.3 Å².